The van der Waals surface area contributed by atoms with Gasteiger partial charge >= 0.3 is 0 Å². The van der Waals surface area contributed by atoms with Gasteiger partial charge in [0.25, 0.3) is 0 Å². The fraction of sp³-hybridized carbons (Fsp3) is 0.909. The van der Waals surface area contributed by atoms with E-state index >= 15 is 0 Å². The first kappa shape index (κ1) is 46.4. The maximum atomic E-state index is 6.35. The molecule has 47 heavy (non-hydrogen) atoms. The summed E-state index contributed by atoms with van der Waals surface area (Å²) in [4.78, 5) is 2.28. The van der Waals surface area contributed by atoms with Crippen molar-refractivity contribution < 1.29 is 9.47 Å². The first-order chi connectivity index (χ1) is 23.2. The largest absolute Gasteiger partial charge is 0.379 e. The Kier molecular flexibility index (Phi) is 41.0. The van der Waals surface area contributed by atoms with Crippen molar-refractivity contribution in [3.63, 3.8) is 0 Å². The third-order valence-electron chi connectivity index (χ3n) is 9.50. The molecule has 0 rings (SSSR count). The van der Waals surface area contributed by atoms with E-state index in [1.807, 2.05) is 0 Å². The smallest absolute Gasteiger partial charge is 0.0808 e. The number of ether oxygens (including phenoxy) is 2. The van der Waals surface area contributed by atoms with Crippen LogP contribution in [-0.2, 0) is 9.47 Å². The molecule has 280 valence electrons. The Morgan fingerprint density at radius 3 is 1.23 bits per heavy atom. The standard InChI is InChI=1S/C44H87NO2/c1-5-7-9-11-13-15-17-19-21-23-25-27-29-31-33-37-41-46-43-44(39-35-36-40-45(3)4)47-42-38-34-32-30-28-26-24-22-20-18-16-14-12-10-8-6-2/h19-22,44H,5-18,23-43H2,1-4H3. The minimum absolute atomic E-state index is 0.273. The summed E-state index contributed by atoms with van der Waals surface area (Å²) in [5.74, 6) is 0. The highest BCUT2D eigenvalue weighted by Crippen LogP contribution is 2.13. The quantitative estimate of drug-likeness (QED) is 0.0482. The third kappa shape index (κ3) is 41.4. The van der Waals surface area contributed by atoms with Crippen molar-refractivity contribution >= 4 is 0 Å². The third-order valence-corrected chi connectivity index (χ3v) is 9.50. The molecule has 1 atom stereocenters. The van der Waals surface area contributed by atoms with Crippen molar-refractivity contribution in [2.45, 2.75) is 219 Å². The van der Waals surface area contributed by atoms with Crippen molar-refractivity contribution in [2.75, 3.05) is 40.5 Å². The molecule has 0 amide bonds. The van der Waals surface area contributed by atoms with Crippen molar-refractivity contribution in [3.8, 4) is 0 Å². The van der Waals surface area contributed by atoms with Gasteiger partial charge in [-0.1, -0.05) is 154 Å². The fourth-order valence-corrected chi connectivity index (χ4v) is 6.28. The van der Waals surface area contributed by atoms with Crippen LogP contribution in [0.25, 0.3) is 0 Å². The van der Waals surface area contributed by atoms with E-state index in [1.54, 1.807) is 0 Å². The summed E-state index contributed by atoms with van der Waals surface area (Å²) >= 11 is 0. The first-order valence-electron chi connectivity index (χ1n) is 21.3. The second-order valence-electron chi connectivity index (χ2n) is 14.7. The van der Waals surface area contributed by atoms with E-state index < -0.39 is 0 Å². The second kappa shape index (κ2) is 41.5. The van der Waals surface area contributed by atoms with Gasteiger partial charge in [0.05, 0.1) is 12.7 Å². The number of hydrogen-bond acceptors (Lipinski definition) is 3. The van der Waals surface area contributed by atoms with Crippen LogP contribution in [-0.4, -0.2) is 51.5 Å². The normalized spacial score (nSPS) is 12.8. The molecule has 1 unspecified atom stereocenters. The summed E-state index contributed by atoms with van der Waals surface area (Å²) in [7, 11) is 4.33. The topological polar surface area (TPSA) is 21.7 Å². The number of hydrogen-bond donors (Lipinski definition) is 0. The molecule has 0 heterocycles. The lowest BCUT2D eigenvalue weighted by Crippen LogP contribution is -2.22. The predicted molar refractivity (Wildman–Crippen MR) is 212 cm³/mol. The lowest BCUT2D eigenvalue weighted by atomic mass is 10.1. The molecule has 0 radical (unpaired) electrons. The summed E-state index contributed by atoms with van der Waals surface area (Å²) < 4.78 is 12.5. The highest BCUT2D eigenvalue weighted by molar-refractivity contribution is 4.82. The zero-order valence-electron chi connectivity index (χ0n) is 32.9. The van der Waals surface area contributed by atoms with E-state index in [4.69, 9.17) is 9.47 Å². The number of unbranched alkanes of at least 4 members (excludes halogenated alkanes) is 25. The summed E-state index contributed by atoms with van der Waals surface area (Å²) in [6.45, 7) is 8.32. The number of nitrogens with zero attached hydrogens (tertiary/aromatic N) is 1. The van der Waals surface area contributed by atoms with Crippen LogP contribution in [0.5, 0.6) is 0 Å². The van der Waals surface area contributed by atoms with Crippen LogP contribution in [0, 0.1) is 0 Å². The Balaban J connectivity index is 3.73. The van der Waals surface area contributed by atoms with Crippen LogP contribution in [0.4, 0.5) is 0 Å². The Bertz CT molecular complexity index is 616. The lowest BCUT2D eigenvalue weighted by Gasteiger charge is -2.19. The van der Waals surface area contributed by atoms with Gasteiger partial charge in [-0.05, 0) is 104 Å². The van der Waals surface area contributed by atoms with Crippen LogP contribution in [0.15, 0.2) is 24.3 Å². The second-order valence-corrected chi connectivity index (χ2v) is 14.7. The van der Waals surface area contributed by atoms with Gasteiger partial charge in [0.1, 0.15) is 0 Å². The van der Waals surface area contributed by atoms with Gasteiger partial charge in [-0.25, -0.2) is 0 Å². The SMILES string of the molecule is CCCCCCCCC=CCCCCCCCCOCC(CCCCN(C)C)OCCCCCCCCC=CCCCCCCCC. The Labute approximate surface area is 297 Å². The van der Waals surface area contributed by atoms with E-state index in [-0.39, 0.29) is 6.10 Å². The molecule has 3 nitrogen and oxygen atoms in total. The van der Waals surface area contributed by atoms with Crippen LogP contribution in [0.3, 0.4) is 0 Å². The molecule has 0 saturated heterocycles. The van der Waals surface area contributed by atoms with Crippen LogP contribution in [0.2, 0.25) is 0 Å². The van der Waals surface area contributed by atoms with Crippen LogP contribution in [0.1, 0.15) is 213 Å². The summed E-state index contributed by atoms with van der Waals surface area (Å²) in [6.07, 6.45) is 51.4. The Morgan fingerprint density at radius 2 is 0.809 bits per heavy atom. The average molecular weight is 662 g/mol. The van der Waals surface area contributed by atoms with E-state index in [0.717, 1.165) is 32.8 Å². The van der Waals surface area contributed by atoms with Gasteiger partial charge in [-0.3, -0.25) is 0 Å². The molecular formula is C44H87NO2. The van der Waals surface area contributed by atoms with Gasteiger partial charge in [0, 0.05) is 13.2 Å². The molecule has 0 aromatic carbocycles. The van der Waals surface area contributed by atoms with E-state index in [0.29, 0.717) is 0 Å². The van der Waals surface area contributed by atoms with E-state index in [1.165, 1.54) is 193 Å². The highest BCUT2D eigenvalue weighted by Gasteiger charge is 2.10. The van der Waals surface area contributed by atoms with Gasteiger partial charge in [-0.15, -0.1) is 0 Å². The molecular weight excluding hydrogens is 574 g/mol. The zero-order chi connectivity index (χ0) is 34.1. The summed E-state index contributed by atoms with van der Waals surface area (Å²) in [6, 6.07) is 0. The van der Waals surface area contributed by atoms with Crippen molar-refractivity contribution in [1.82, 2.24) is 4.90 Å². The fourth-order valence-electron chi connectivity index (χ4n) is 6.28. The molecule has 0 saturated carbocycles. The molecule has 0 aliphatic heterocycles. The van der Waals surface area contributed by atoms with E-state index in [2.05, 4.69) is 57.1 Å². The monoisotopic (exact) mass is 662 g/mol. The first-order valence-corrected chi connectivity index (χ1v) is 21.3. The predicted octanol–water partition coefficient (Wildman–Crippen LogP) is 14.2. The Morgan fingerprint density at radius 1 is 0.426 bits per heavy atom. The van der Waals surface area contributed by atoms with Gasteiger partial charge < -0.3 is 14.4 Å². The molecule has 0 N–H and O–H groups in total. The summed E-state index contributed by atoms with van der Waals surface area (Å²) in [5, 5.41) is 0. The average Bonchev–Trinajstić information content (AvgIpc) is 3.07. The molecule has 0 bridgehead atoms. The van der Waals surface area contributed by atoms with Crippen molar-refractivity contribution in [2.24, 2.45) is 0 Å². The highest BCUT2D eigenvalue weighted by atomic mass is 16.5. The molecule has 0 aliphatic carbocycles. The van der Waals surface area contributed by atoms with Crippen molar-refractivity contribution in [3.05, 3.63) is 24.3 Å². The minimum Gasteiger partial charge on any atom is -0.379 e. The van der Waals surface area contributed by atoms with Crippen LogP contribution >= 0.6 is 0 Å². The van der Waals surface area contributed by atoms with Gasteiger partial charge in [-0.2, -0.15) is 0 Å². The van der Waals surface area contributed by atoms with Gasteiger partial charge in [0.15, 0.2) is 0 Å². The molecule has 0 aromatic rings. The number of rotatable bonds is 40. The van der Waals surface area contributed by atoms with Crippen LogP contribution < -0.4 is 0 Å². The minimum atomic E-state index is 0.273. The molecule has 0 spiro atoms. The molecule has 0 aliphatic rings. The van der Waals surface area contributed by atoms with Gasteiger partial charge in [0.2, 0.25) is 0 Å². The van der Waals surface area contributed by atoms with E-state index in [9.17, 15) is 0 Å². The Hall–Kier alpha value is -0.640. The lowest BCUT2D eigenvalue weighted by molar-refractivity contribution is -0.0235. The molecule has 0 fully saturated rings. The molecule has 3 heteroatoms. The maximum absolute atomic E-state index is 6.35. The van der Waals surface area contributed by atoms with Crippen molar-refractivity contribution in [1.29, 1.82) is 0 Å². The number of allylic oxidation sites excluding steroid dienone is 4. The summed E-state index contributed by atoms with van der Waals surface area (Å²) in [5.41, 5.74) is 0. The zero-order valence-corrected chi connectivity index (χ0v) is 32.9. The molecule has 0 aromatic heterocycles. The maximum Gasteiger partial charge on any atom is 0.0808 e.